The lowest BCUT2D eigenvalue weighted by Crippen LogP contribution is -2.45. The van der Waals surface area contributed by atoms with Gasteiger partial charge in [0.15, 0.2) is 0 Å². The lowest BCUT2D eigenvalue weighted by molar-refractivity contribution is -0.0470. The summed E-state index contributed by atoms with van der Waals surface area (Å²) >= 11 is 0. The molecular weight excluding hydrogens is 218 g/mol. The molecule has 0 radical (unpaired) electrons. The molecule has 1 aliphatic heterocycles. The molecule has 2 unspecified atom stereocenters. The van der Waals surface area contributed by atoms with Crippen molar-refractivity contribution in [3.8, 4) is 11.5 Å². The van der Waals surface area contributed by atoms with Crippen LogP contribution in [0.1, 0.15) is 6.92 Å². The average molecular weight is 237 g/mol. The SMILES string of the molecule is COc1ccc(OCC2CNCC(C)O2)cc1. The van der Waals surface area contributed by atoms with Gasteiger partial charge in [0.1, 0.15) is 24.2 Å². The largest absolute Gasteiger partial charge is 0.497 e. The number of nitrogens with one attached hydrogen (secondary N) is 1. The Bertz CT molecular complexity index is 339. The summed E-state index contributed by atoms with van der Waals surface area (Å²) in [5.74, 6) is 1.68. The van der Waals surface area contributed by atoms with Gasteiger partial charge in [-0.25, -0.2) is 0 Å². The summed E-state index contributed by atoms with van der Waals surface area (Å²) in [5, 5.41) is 3.31. The van der Waals surface area contributed by atoms with Gasteiger partial charge in [-0.1, -0.05) is 0 Å². The quantitative estimate of drug-likeness (QED) is 0.860. The summed E-state index contributed by atoms with van der Waals surface area (Å²) in [6.07, 6.45) is 0.383. The molecule has 0 aliphatic carbocycles. The van der Waals surface area contributed by atoms with Crippen molar-refractivity contribution in [2.45, 2.75) is 19.1 Å². The van der Waals surface area contributed by atoms with Crippen LogP contribution >= 0.6 is 0 Å². The summed E-state index contributed by atoms with van der Waals surface area (Å²) in [6.45, 7) is 4.40. The molecule has 0 saturated carbocycles. The molecule has 2 rings (SSSR count). The fraction of sp³-hybridized carbons (Fsp3) is 0.538. The maximum atomic E-state index is 5.74. The molecule has 0 bridgehead atoms. The van der Waals surface area contributed by atoms with Crippen molar-refractivity contribution in [2.24, 2.45) is 0 Å². The second-order valence-corrected chi connectivity index (χ2v) is 4.21. The molecule has 0 aromatic heterocycles. The molecule has 2 atom stereocenters. The van der Waals surface area contributed by atoms with Gasteiger partial charge >= 0.3 is 0 Å². The van der Waals surface area contributed by atoms with E-state index in [9.17, 15) is 0 Å². The fourth-order valence-electron chi connectivity index (χ4n) is 1.83. The minimum atomic E-state index is 0.126. The normalized spacial score (nSPS) is 24.4. The highest BCUT2D eigenvalue weighted by Crippen LogP contribution is 2.17. The van der Waals surface area contributed by atoms with Crippen LogP contribution < -0.4 is 14.8 Å². The van der Waals surface area contributed by atoms with Gasteiger partial charge in [0, 0.05) is 13.1 Å². The van der Waals surface area contributed by atoms with Gasteiger partial charge < -0.3 is 19.5 Å². The molecule has 17 heavy (non-hydrogen) atoms. The van der Waals surface area contributed by atoms with Gasteiger partial charge in [0.05, 0.1) is 13.2 Å². The van der Waals surface area contributed by atoms with Gasteiger partial charge in [-0.2, -0.15) is 0 Å². The van der Waals surface area contributed by atoms with Crippen molar-refractivity contribution in [1.82, 2.24) is 5.32 Å². The highest BCUT2D eigenvalue weighted by molar-refractivity contribution is 5.31. The van der Waals surface area contributed by atoms with Crippen LogP contribution in [0.3, 0.4) is 0 Å². The average Bonchev–Trinajstić information content (AvgIpc) is 2.37. The number of hydrogen-bond donors (Lipinski definition) is 1. The van der Waals surface area contributed by atoms with Gasteiger partial charge in [-0.05, 0) is 31.2 Å². The van der Waals surface area contributed by atoms with Crippen molar-refractivity contribution in [2.75, 3.05) is 26.8 Å². The number of ether oxygens (including phenoxy) is 3. The van der Waals surface area contributed by atoms with E-state index in [-0.39, 0.29) is 12.2 Å². The highest BCUT2D eigenvalue weighted by Gasteiger charge is 2.18. The molecule has 94 valence electrons. The van der Waals surface area contributed by atoms with Gasteiger partial charge in [-0.15, -0.1) is 0 Å². The summed E-state index contributed by atoms with van der Waals surface area (Å²) in [6, 6.07) is 7.58. The lowest BCUT2D eigenvalue weighted by Gasteiger charge is -2.28. The Morgan fingerprint density at radius 1 is 1.24 bits per heavy atom. The predicted octanol–water partition coefficient (Wildman–Crippen LogP) is 1.45. The molecule has 1 saturated heterocycles. The third-order valence-corrected chi connectivity index (χ3v) is 2.72. The zero-order chi connectivity index (χ0) is 12.1. The van der Waals surface area contributed by atoms with Gasteiger partial charge in [0.2, 0.25) is 0 Å². The third kappa shape index (κ3) is 3.61. The van der Waals surface area contributed by atoms with E-state index in [0.29, 0.717) is 6.61 Å². The van der Waals surface area contributed by atoms with E-state index < -0.39 is 0 Å². The smallest absolute Gasteiger partial charge is 0.119 e. The predicted molar refractivity (Wildman–Crippen MR) is 65.7 cm³/mol. The Morgan fingerprint density at radius 2 is 1.94 bits per heavy atom. The maximum absolute atomic E-state index is 5.74. The molecule has 1 aromatic carbocycles. The van der Waals surface area contributed by atoms with E-state index >= 15 is 0 Å². The monoisotopic (exact) mass is 237 g/mol. The summed E-state index contributed by atoms with van der Waals surface area (Å²) in [4.78, 5) is 0. The first kappa shape index (κ1) is 12.2. The highest BCUT2D eigenvalue weighted by atomic mass is 16.5. The first-order valence-corrected chi connectivity index (χ1v) is 5.91. The van der Waals surface area contributed by atoms with Crippen LogP contribution in [-0.2, 0) is 4.74 Å². The number of methoxy groups -OCH3 is 1. The first-order valence-electron chi connectivity index (χ1n) is 5.91. The molecule has 0 spiro atoms. The third-order valence-electron chi connectivity index (χ3n) is 2.72. The van der Waals surface area contributed by atoms with E-state index in [2.05, 4.69) is 12.2 Å². The molecule has 0 amide bonds. The Hall–Kier alpha value is -1.26. The second-order valence-electron chi connectivity index (χ2n) is 4.21. The topological polar surface area (TPSA) is 39.7 Å². The Labute approximate surface area is 102 Å². The molecule has 4 nitrogen and oxygen atoms in total. The van der Waals surface area contributed by atoms with Crippen molar-refractivity contribution in [3.63, 3.8) is 0 Å². The Morgan fingerprint density at radius 3 is 2.59 bits per heavy atom. The van der Waals surface area contributed by atoms with E-state index in [1.807, 2.05) is 24.3 Å². The summed E-state index contributed by atoms with van der Waals surface area (Å²) < 4.78 is 16.5. The van der Waals surface area contributed by atoms with Crippen molar-refractivity contribution in [3.05, 3.63) is 24.3 Å². The van der Waals surface area contributed by atoms with Crippen LogP contribution in [-0.4, -0.2) is 39.0 Å². The minimum absolute atomic E-state index is 0.126. The molecular formula is C13H19NO3. The number of rotatable bonds is 4. The van der Waals surface area contributed by atoms with E-state index in [1.54, 1.807) is 7.11 Å². The van der Waals surface area contributed by atoms with Crippen LogP contribution in [0.5, 0.6) is 11.5 Å². The van der Waals surface area contributed by atoms with Crippen LogP contribution in [0.15, 0.2) is 24.3 Å². The minimum Gasteiger partial charge on any atom is -0.497 e. The Balaban J connectivity index is 1.80. The van der Waals surface area contributed by atoms with Crippen LogP contribution in [0.2, 0.25) is 0 Å². The number of morpholine rings is 1. The summed E-state index contributed by atoms with van der Waals surface area (Å²) in [5.41, 5.74) is 0. The lowest BCUT2D eigenvalue weighted by atomic mass is 10.2. The molecule has 1 fully saturated rings. The molecule has 4 heteroatoms. The fourth-order valence-corrected chi connectivity index (χ4v) is 1.83. The van der Waals surface area contributed by atoms with Crippen molar-refractivity contribution < 1.29 is 14.2 Å². The van der Waals surface area contributed by atoms with Crippen molar-refractivity contribution in [1.29, 1.82) is 0 Å². The standard InChI is InChI=1S/C13H19NO3/c1-10-7-14-8-13(17-10)9-16-12-5-3-11(15-2)4-6-12/h3-6,10,13-14H,7-9H2,1-2H3. The van der Waals surface area contributed by atoms with Crippen LogP contribution in [0, 0.1) is 0 Å². The van der Waals surface area contributed by atoms with Gasteiger partial charge in [-0.3, -0.25) is 0 Å². The number of benzene rings is 1. The molecule has 1 aromatic rings. The second kappa shape index (κ2) is 5.89. The van der Waals surface area contributed by atoms with Crippen LogP contribution in [0.4, 0.5) is 0 Å². The first-order chi connectivity index (χ1) is 8.28. The zero-order valence-electron chi connectivity index (χ0n) is 10.3. The van der Waals surface area contributed by atoms with Gasteiger partial charge in [0.25, 0.3) is 0 Å². The van der Waals surface area contributed by atoms with E-state index in [0.717, 1.165) is 24.6 Å². The van der Waals surface area contributed by atoms with E-state index in [4.69, 9.17) is 14.2 Å². The summed E-state index contributed by atoms with van der Waals surface area (Å²) in [7, 11) is 1.65. The zero-order valence-corrected chi connectivity index (χ0v) is 10.3. The molecule has 1 N–H and O–H groups in total. The Kier molecular flexibility index (Phi) is 4.23. The van der Waals surface area contributed by atoms with Crippen LogP contribution in [0.25, 0.3) is 0 Å². The van der Waals surface area contributed by atoms with Crippen molar-refractivity contribution >= 4 is 0 Å². The van der Waals surface area contributed by atoms with E-state index in [1.165, 1.54) is 0 Å². The molecule has 1 heterocycles. The maximum Gasteiger partial charge on any atom is 0.119 e. The molecule has 1 aliphatic rings. The number of hydrogen-bond acceptors (Lipinski definition) is 4.